The summed E-state index contributed by atoms with van der Waals surface area (Å²) in [7, 11) is 0. The number of nitrogens with one attached hydrogen (secondary N) is 1. The van der Waals surface area contributed by atoms with E-state index in [9.17, 15) is 52.3 Å². The lowest BCUT2D eigenvalue weighted by atomic mass is 10.1. The molecule has 2 rings (SSSR count). The van der Waals surface area contributed by atoms with Gasteiger partial charge in [-0.25, -0.2) is 0 Å². The van der Waals surface area contributed by atoms with Gasteiger partial charge in [0, 0.05) is 29.8 Å². The first-order valence-corrected chi connectivity index (χ1v) is 7.87. The highest BCUT2D eigenvalue weighted by molar-refractivity contribution is 5.86. The number of halogens is 5. The molecule has 0 atom stereocenters. The average Bonchev–Trinajstić information content (AvgIpc) is 2.67. The van der Waals surface area contributed by atoms with Crippen LogP contribution in [0.4, 0.5) is 44.7 Å². The maximum Gasteiger partial charge on any atom is 0.416 e. The molecule has 0 amide bonds. The molecule has 0 aromatic heterocycles. The Hall–Kier alpha value is -4.44. The molecule has 17 heteroatoms. The second kappa shape index (κ2) is 9.14. The third kappa shape index (κ3) is 5.58. The minimum atomic E-state index is -5.14. The van der Waals surface area contributed by atoms with E-state index in [4.69, 9.17) is 0 Å². The number of benzene rings is 2. The SMILES string of the molecule is O=[N+]([O-])c1ccc(OC(F)F)c(/C=N/Nc2c([N+](=O)[O-])cc(C(F)(F)F)cc2[N+](=O)[O-])c1. The van der Waals surface area contributed by atoms with Gasteiger partial charge in [-0.2, -0.15) is 27.1 Å². The van der Waals surface area contributed by atoms with Gasteiger partial charge >= 0.3 is 24.2 Å². The molecule has 32 heavy (non-hydrogen) atoms. The quantitative estimate of drug-likeness (QED) is 0.258. The highest BCUT2D eigenvalue weighted by Crippen LogP contribution is 2.41. The molecule has 1 N–H and O–H groups in total. The maximum atomic E-state index is 12.9. The molecule has 170 valence electrons. The van der Waals surface area contributed by atoms with Crippen LogP contribution in [0.1, 0.15) is 11.1 Å². The van der Waals surface area contributed by atoms with E-state index in [1.165, 1.54) is 0 Å². The largest absolute Gasteiger partial charge is 0.434 e. The summed E-state index contributed by atoms with van der Waals surface area (Å²) in [4.78, 5) is 29.6. The first-order chi connectivity index (χ1) is 14.8. The summed E-state index contributed by atoms with van der Waals surface area (Å²) in [6, 6.07) is 2.42. The lowest BCUT2D eigenvalue weighted by Crippen LogP contribution is -2.09. The molecule has 2 aromatic rings. The number of hydrogen-bond donors (Lipinski definition) is 1. The van der Waals surface area contributed by atoms with Crippen molar-refractivity contribution in [2.24, 2.45) is 5.10 Å². The third-order valence-electron chi connectivity index (χ3n) is 3.62. The Labute approximate surface area is 172 Å². The predicted molar refractivity (Wildman–Crippen MR) is 95.7 cm³/mol. The van der Waals surface area contributed by atoms with Crippen molar-refractivity contribution < 1.29 is 41.5 Å². The van der Waals surface area contributed by atoms with Gasteiger partial charge in [-0.1, -0.05) is 0 Å². The minimum Gasteiger partial charge on any atom is -0.434 e. The zero-order chi connectivity index (χ0) is 24.2. The lowest BCUT2D eigenvalue weighted by molar-refractivity contribution is -0.392. The molecule has 12 nitrogen and oxygen atoms in total. The van der Waals surface area contributed by atoms with Gasteiger partial charge < -0.3 is 4.74 Å². The van der Waals surface area contributed by atoms with Crippen molar-refractivity contribution in [3.63, 3.8) is 0 Å². The third-order valence-corrected chi connectivity index (χ3v) is 3.62. The number of rotatable bonds is 8. The van der Waals surface area contributed by atoms with E-state index < -0.39 is 67.2 Å². The van der Waals surface area contributed by atoms with Crippen LogP contribution in [0.3, 0.4) is 0 Å². The highest BCUT2D eigenvalue weighted by atomic mass is 19.4. The molecule has 2 aromatic carbocycles. The van der Waals surface area contributed by atoms with Crippen LogP contribution in [0.5, 0.6) is 5.75 Å². The number of nitrogens with zero attached hydrogens (tertiary/aromatic N) is 4. The number of nitro groups is 3. The summed E-state index contributed by atoms with van der Waals surface area (Å²) in [5.74, 6) is -0.604. The Bertz CT molecular complexity index is 1070. The van der Waals surface area contributed by atoms with Crippen LogP contribution in [-0.4, -0.2) is 27.6 Å². The molecule has 0 radical (unpaired) electrons. The van der Waals surface area contributed by atoms with Crippen molar-refractivity contribution in [2.45, 2.75) is 12.8 Å². The van der Waals surface area contributed by atoms with Gasteiger partial charge in [-0.3, -0.25) is 35.8 Å². The number of hydrazone groups is 1. The van der Waals surface area contributed by atoms with E-state index in [1.807, 2.05) is 0 Å². The number of non-ortho nitro benzene ring substituents is 1. The molecule has 0 aliphatic heterocycles. The Morgan fingerprint density at radius 2 is 1.53 bits per heavy atom. The topological polar surface area (TPSA) is 163 Å². The van der Waals surface area contributed by atoms with Crippen LogP contribution in [-0.2, 0) is 6.18 Å². The van der Waals surface area contributed by atoms with Gasteiger partial charge in [0.2, 0.25) is 5.69 Å². The van der Waals surface area contributed by atoms with E-state index in [1.54, 1.807) is 5.43 Å². The van der Waals surface area contributed by atoms with Gasteiger partial charge in [0.25, 0.3) is 5.69 Å². The highest BCUT2D eigenvalue weighted by Gasteiger charge is 2.37. The number of anilines is 1. The van der Waals surface area contributed by atoms with Crippen LogP contribution in [0.2, 0.25) is 0 Å². The Kier molecular flexibility index (Phi) is 6.81. The molecule has 0 bridgehead atoms. The zero-order valence-corrected chi connectivity index (χ0v) is 15.1. The summed E-state index contributed by atoms with van der Waals surface area (Å²) in [5.41, 5.74) is -4.65. The fourth-order valence-electron chi connectivity index (χ4n) is 2.30. The van der Waals surface area contributed by atoms with Gasteiger partial charge in [-0.15, -0.1) is 0 Å². The number of ether oxygens (including phenoxy) is 1. The number of hydrogen-bond acceptors (Lipinski definition) is 9. The zero-order valence-electron chi connectivity index (χ0n) is 15.1. The van der Waals surface area contributed by atoms with Gasteiger partial charge in [0.15, 0.2) is 0 Å². The summed E-state index contributed by atoms with van der Waals surface area (Å²) in [5, 5.41) is 36.5. The molecule has 0 heterocycles. The summed E-state index contributed by atoms with van der Waals surface area (Å²) in [6.07, 6.45) is -4.54. The van der Waals surface area contributed by atoms with Crippen LogP contribution in [0, 0.1) is 30.3 Å². The second-order valence-corrected chi connectivity index (χ2v) is 5.63. The molecule has 0 unspecified atom stereocenters. The molecule has 0 fully saturated rings. The van der Waals surface area contributed by atoms with Crippen LogP contribution >= 0.6 is 0 Å². The van der Waals surface area contributed by atoms with Gasteiger partial charge in [0.1, 0.15) is 5.75 Å². The van der Waals surface area contributed by atoms with E-state index in [-0.39, 0.29) is 12.1 Å². The van der Waals surface area contributed by atoms with Crippen LogP contribution in [0.15, 0.2) is 35.4 Å². The maximum absolute atomic E-state index is 12.9. The molecular weight excluding hydrogens is 457 g/mol. The Balaban J connectivity index is 2.54. The summed E-state index contributed by atoms with van der Waals surface area (Å²) in [6.45, 7) is -3.34. The first kappa shape index (κ1) is 23.8. The average molecular weight is 465 g/mol. The first-order valence-electron chi connectivity index (χ1n) is 7.87. The fourth-order valence-corrected chi connectivity index (χ4v) is 2.30. The van der Waals surface area contributed by atoms with E-state index in [0.29, 0.717) is 6.21 Å². The number of nitro benzene ring substituents is 3. The monoisotopic (exact) mass is 465 g/mol. The van der Waals surface area contributed by atoms with Crippen molar-refractivity contribution in [1.82, 2.24) is 0 Å². The van der Waals surface area contributed by atoms with Crippen molar-refractivity contribution in [3.8, 4) is 5.75 Å². The molecular formula is C15H8F5N5O7. The van der Waals surface area contributed by atoms with E-state index >= 15 is 0 Å². The van der Waals surface area contributed by atoms with E-state index in [0.717, 1.165) is 18.2 Å². The van der Waals surface area contributed by atoms with Crippen LogP contribution < -0.4 is 10.2 Å². The molecule has 0 spiro atoms. The van der Waals surface area contributed by atoms with Crippen LogP contribution in [0.25, 0.3) is 0 Å². The van der Waals surface area contributed by atoms with Crippen molar-refractivity contribution in [1.29, 1.82) is 0 Å². The van der Waals surface area contributed by atoms with Gasteiger partial charge in [0.05, 0.1) is 26.5 Å². The fraction of sp³-hybridized carbons (Fsp3) is 0.133. The van der Waals surface area contributed by atoms with Crippen molar-refractivity contribution in [3.05, 3.63) is 71.8 Å². The van der Waals surface area contributed by atoms with Crippen molar-refractivity contribution >= 4 is 29.0 Å². The minimum absolute atomic E-state index is 0.0313. The van der Waals surface area contributed by atoms with Gasteiger partial charge in [-0.05, 0) is 6.07 Å². The molecule has 0 aliphatic carbocycles. The standard InChI is InChI=1S/C15H8F5N5O7/c16-14(17)32-12-2-1-9(23(26)27)3-7(12)6-21-22-13-10(24(28)29)4-8(15(18,19)20)5-11(13)25(30)31/h1-6,14,22H/b21-6+. The molecule has 0 saturated carbocycles. The molecule has 0 aliphatic rings. The lowest BCUT2D eigenvalue weighted by Gasteiger charge is -2.10. The summed E-state index contributed by atoms with van der Waals surface area (Å²) < 4.78 is 67.9. The summed E-state index contributed by atoms with van der Waals surface area (Å²) >= 11 is 0. The second-order valence-electron chi connectivity index (χ2n) is 5.63. The normalized spacial score (nSPS) is 11.6. The number of alkyl halides is 5. The van der Waals surface area contributed by atoms with Crippen molar-refractivity contribution in [2.75, 3.05) is 5.43 Å². The predicted octanol–water partition coefficient (Wildman–Crippen LogP) is 4.48. The molecule has 0 saturated heterocycles. The smallest absolute Gasteiger partial charge is 0.416 e. The Morgan fingerprint density at radius 1 is 0.969 bits per heavy atom. The Morgan fingerprint density at radius 3 is 1.97 bits per heavy atom. The van der Waals surface area contributed by atoms with E-state index in [2.05, 4.69) is 9.84 Å².